The lowest BCUT2D eigenvalue weighted by atomic mass is 9.63. The van der Waals surface area contributed by atoms with Crippen molar-refractivity contribution in [3.63, 3.8) is 0 Å². The molecule has 55 heavy (non-hydrogen) atoms. The summed E-state index contributed by atoms with van der Waals surface area (Å²) >= 11 is 6.43. The minimum absolute atomic E-state index is 0.267. The first-order valence-corrected chi connectivity index (χ1v) is 22.5. The predicted octanol–water partition coefficient (Wildman–Crippen LogP) is 6.95. The van der Waals surface area contributed by atoms with Crippen LogP contribution in [0.25, 0.3) is 0 Å². The van der Waals surface area contributed by atoms with Crippen molar-refractivity contribution in [1.82, 2.24) is 14.5 Å². The van der Waals surface area contributed by atoms with Gasteiger partial charge >= 0.3 is 0 Å². The van der Waals surface area contributed by atoms with Gasteiger partial charge in [-0.1, -0.05) is 36.7 Å². The van der Waals surface area contributed by atoms with E-state index >= 15 is 0 Å². The summed E-state index contributed by atoms with van der Waals surface area (Å²) < 4.78 is 49.5. The quantitative estimate of drug-likeness (QED) is 0.285. The topological polar surface area (TPSA) is 101 Å². The molecule has 12 heteroatoms. The molecule has 3 aliphatic heterocycles. The lowest BCUT2D eigenvalue weighted by Crippen LogP contribution is -2.59. The van der Waals surface area contributed by atoms with Gasteiger partial charge in [-0.15, -0.1) is 0 Å². The summed E-state index contributed by atoms with van der Waals surface area (Å²) in [6.45, 7) is 16.2. The van der Waals surface area contributed by atoms with Crippen molar-refractivity contribution in [3.8, 4) is 5.75 Å². The average molecular weight is 800 g/mol. The summed E-state index contributed by atoms with van der Waals surface area (Å²) in [4.78, 5) is 21.4. The van der Waals surface area contributed by atoms with Crippen LogP contribution in [0.3, 0.4) is 0 Å². The highest BCUT2D eigenvalue weighted by Crippen LogP contribution is 2.47. The number of fused-ring (bicyclic) bond motifs is 3. The maximum atomic E-state index is 14.1. The molecule has 2 aromatic rings. The van der Waals surface area contributed by atoms with Crippen LogP contribution in [-0.4, -0.2) is 107 Å². The van der Waals surface area contributed by atoms with Crippen molar-refractivity contribution in [2.24, 2.45) is 17.8 Å². The first-order valence-electron chi connectivity index (χ1n) is 20.5. The average Bonchev–Trinajstić information content (AvgIpc) is 3.16. The molecule has 0 unspecified atom stereocenters. The van der Waals surface area contributed by atoms with E-state index in [9.17, 15) is 13.2 Å². The molecule has 1 N–H and O–H groups in total. The summed E-state index contributed by atoms with van der Waals surface area (Å²) in [6, 6.07) is 11.8. The Labute approximate surface area is 334 Å². The summed E-state index contributed by atoms with van der Waals surface area (Å²) in [6.07, 6.45) is 10.2. The fourth-order valence-corrected chi connectivity index (χ4v) is 11.1. The number of halogens is 1. The third-order valence-corrected chi connectivity index (χ3v) is 14.7. The number of allylic oxidation sites excluding steroid dienone is 1. The molecule has 0 spiro atoms. The van der Waals surface area contributed by atoms with E-state index in [2.05, 4.69) is 52.3 Å². The number of methoxy groups -OCH3 is 1. The van der Waals surface area contributed by atoms with Gasteiger partial charge in [-0.2, -0.15) is 0 Å². The molecule has 0 radical (unpaired) electrons. The number of nitrogens with zero attached hydrogens (tertiary/aromatic N) is 3. The zero-order valence-corrected chi connectivity index (χ0v) is 35.2. The van der Waals surface area contributed by atoms with E-state index in [0.717, 1.165) is 89.2 Å². The predicted molar refractivity (Wildman–Crippen MR) is 221 cm³/mol. The molecule has 5 atom stereocenters. The van der Waals surface area contributed by atoms with Crippen molar-refractivity contribution < 1.29 is 27.4 Å². The second-order valence-electron chi connectivity index (χ2n) is 16.4. The van der Waals surface area contributed by atoms with Crippen molar-refractivity contribution in [1.29, 1.82) is 0 Å². The van der Waals surface area contributed by atoms with Crippen LogP contribution in [0.2, 0.25) is 5.02 Å². The maximum absolute atomic E-state index is 14.1. The van der Waals surface area contributed by atoms with Crippen LogP contribution < -0.4 is 14.4 Å². The second-order valence-corrected chi connectivity index (χ2v) is 18.8. The molecule has 1 saturated heterocycles. The normalized spacial score (nSPS) is 28.9. The highest BCUT2D eigenvalue weighted by atomic mass is 35.5. The van der Waals surface area contributed by atoms with Crippen LogP contribution in [0, 0.1) is 17.8 Å². The zero-order chi connectivity index (χ0) is 39.2. The molecule has 6 rings (SSSR count). The number of rotatable bonds is 8. The van der Waals surface area contributed by atoms with E-state index in [1.54, 1.807) is 13.2 Å². The highest BCUT2D eigenvalue weighted by Gasteiger charge is 2.49. The van der Waals surface area contributed by atoms with E-state index < -0.39 is 26.8 Å². The Balaban J connectivity index is 1.41. The molecule has 1 saturated carbocycles. The van der Waals surface area contributed by atoms with Crippen LogP contribution in [0.5, 0.6) is 5.75 Å². The number of hydrogen-bond donors (Lipinski definition) is 1. The Morgan fingerprint density at radius 3 is 2.55 bits per heavy atom. The number of anilines is 1. The van der Waals surface area contributed by atoms with Gasteiger partial charge in [-0.05, 0) is 125 Å². The minimum atomic E-state index is -4.07. The van der Waals surface area contributed by atoms with Crippen LogP contribution in [0.4, 0.5) is 5.69 Å². The fraction of sp³-hybridized carbons (Fsp3) is 0.651. The number of aryl methyl sites for hydroxylation is 1. The van der Waals surface area contributed by atoms with Crippen LogP contribution in [-0.2, 0) is 32.5 Å². The van der Waals surface area contributed by atoms with E-state index in [-0.39, 0.29) is 30.4 Å². The number of ether oxygens (including phenoxy) is 3. The Hall–Kier alpha value is -2.67. The standard InChI is InChI=1S/C43H63ClN4O6S/c1-6-54-43(30-46-21-23-47(24-22-46)31(2)3)19-9-10-32(4)41(18-25-52-5)55(50,51)45-42(49)34-14-17-40-39(27-34)48(28-35-13-16-38(35)43)20-8-7-11-33-26-37(44)15-12-36(33)29-53-40/h9,12,14-15,17,19,26-27,31-32,35,38,41H,6-8,10-11,13,16,18,20-25,28-30H2,1-5H3,(H,45,49)/b19-9+/t32-,35-,38+,41+,43-/m0/s1. The first kappa shape index (κ1) is 41.9. The number of nitrogens with one attached hydrogen (secondary N) is 1. The highest BCUT2D eigenvalue weighted by molar-refractivity contribution is 7.90. The Morgan fingerprint density at radius 2 is 1.84 bits per heavy atom. The summed E-state index contributed by atoms with van der Waals surface area (Å²) in [7, 11) is -2.49. The smallest absolute Gasteiger partial charge is 0.264 e. The first-order chi connectivity index (χ1) is 26.4. The summed E-state index contributed by atoms with van der Waals surface area (Å²) in [5.74, 6) is 0.376. The molecule has 10 nitrogen and oxygen atoms in total. The van der Waals surface area contributed by atoms with E-state index in [0.29, 0.717) is 42.4 Å². The van der Waals surface area contributed by atoms with Gasteiger partial charge in [0.05, 0.1) is 10.9 Å². The third kappa shape index (κ3) is 10.1. The number of piperazine rings is 1. The molecule has 304 valence electrons. The van der Waals surface area contributed by atoms with Crippen molar-refractivity contribution >= 4 is 33.2 Å². The van der Waals surface area contributed by atoms with Gasteiger partial charge < -0.3 is 19.1 Å². The lowest BCUT2D eigenvalue weighted by Gasteiger charge is -2.52. The van der Waals surface area contributed by atoms with Crippen LogP contribution in [0.1, 0.15) is 87.7 Å². The minimum Gasteiger partial charge on any atom is -0.487 e. The maximum Gasteiger partial charge on any atom is 0.264 e. The van der Waals surface area contributed by atoms with Crippen molar-refractivity contribution in [2.75, 3.05) is 71.0 Å². The monoisotopic (exact) mass is 798 g/mol. The second kappa shape index (κ2) is 18.7. The molecule has 2 bridgehead atoms. The molecule has 0 aromatic heterocycles. The van der Waals surface area contributed by atoms with Gasteiger partial charge in [0.25, 0.3) is 5.91 Å². The van der Waals surface area contributed by atoms with Gasteiger partial charge in [-0.25, -0.2) is 13.1 Å². The molecular formula is C43H63ClN4O6S. The summed E-state index contributed by atoms with van der Waals surface area (Å²) in [5.41, 5.74) is 2.85. The Morgan fingerprint density at radius 1 is 1.04 bits per heavy atom. The van der Waals surface area contributed by atoms with Crippen molar-refractivity contribution in [2.45, 2.75) is 96.1 Å². The summed E-state index contributed by atoms with van der Waals surface area (Å²) in [5, 5.41) is -0.113. The van der Waals surface area contributed by atoms with Gasteiger partial charge in [0.15, 0.2) is 0 Å². The van der Waals surface area contributed by atoms with E-state index in [4.69, 9.17) is 25.8 Å². The number of sulfonamides is 1. The Kier molecular flexibility index (Phi) is 14.3. The molecule has 1 amide bonds. The SMILES string of the molecule is CCO[C@]1(CN2CCN(C(C)C)CC2)/C=C/C[C@H](C)[C@@H](CCOC)S(=O)(=O)NC(=O)c2ccc3c(c2)N(CCCCc2cc(Cl)ccc2CO3)C[C@@H]2CC[C@H]21. The Bertz CT molecular complexity index is 1750. The van der Waals surface area contributed by atoms with Crippen molar-refractivity contribution in [3.05, 3.63) is 70.3 Å². The van der Waals surface area contributed by atoms with E-state index in [1.807, 2.05) is 37.3 Å². The third-order valence-electron chi connectivity index (χ3n) is 12.5. The van der Waals surface area contributed by atoms with Gasteiger partial charge in [0.2, 0.25) is 10.0 Å². The fourth-order valence-electron chi connectivity index (χ4n) is 9.22. The van der Waals surface area contributed by atoms with Crippen LogP contribution >= 0.6 is 11.6 Å². The molecular weight excluding hydrogens is 736 g/mol. The van der Waals surface area contributed by atoms with Gasteiger partial charge in [-0.3, -0.25) is 14.6 Å². The number of carbonyl (C=O) groups excluding carboxylic acids is 1. The van der Waals surface area contributed by atoms with Gasteiger partial charge in [0, 0.05) is 82.8 Å². The number of benzene rings is 2. The molecule has 2 aromatic carbocycles. The largest absolute Gasteiger partial charge is 0.487 e. The number of amides is 1. The van der Waals surface area contributed by atoms with Gasteiger partial charge in [0.1, 0.15) is 18.0 Å². The van der Waals surface area contributed by atoms with E-state index in [1.165, 1.54) is 5.56 Å². The number of carbonyl (C=O) groups is 1. The molecule has 1 aliphatic carbocycles. The molecule has 3 heterocycles. The molecule has 2 fully saturated rings. The lowest BCUT2D eigenvalue weighted by molar-refractivity contribution is -0.113. The molecule has 4 aliphatic rings. The number of hydrogen-bond acceptors (Lipinski definition) is 9. The van der Waals surface area contributed by atoms with Crippen LogP contribution in [0.15, 0.2) is 48.6 Å². The zero-order valence-electron chi connectivity index (χ0n) is 33.6.